The Kier molecular flexibility index (Phi) is 5.91. The Morgan fingerprint density at radius 2 is 1.75 bits per heavy atom. The molecular formula is C26H22N6O4. The normalized spacial score (nSPS) is 10.9. The quantitative estimate of drug-likeness (QED) is 0.391. The number of ether oxygens (including phenoxy) is 2. The molecule has 10 nitrogen and oxygen atoms in total. The number of rotatable bonds is 6. The molecule has 1 N–H and O–H groups in total. The predicted molar refractivity (Wildman–Crippen MR) is 134 cm³/mol. The van der Waals surface area contributed by atoms with Gasteiger partial charge in [0.15, 0.2) is 0 Å². The van der Waals surface area contributed by atoms with E-state index in [-0.39, 0.29) is 11.6 Å². The first-order valence-corrected chi connectivity index (χ1v) is 11.0. The van der Waals surface area contributed by atoms with Crippen LogP contribution in [0.1, 0.15) is 16.1 Å². The molecule has 0 atom stereocenters. The summed E-state index contributed by atoms with van der Waals surface area (Å²) in [7, 11) is 3.32. The van der Waals surface area contributed by atoms with E-state index in [1.807, 2.05) is 30.3 Å². The van der Waals surface area contributed by atoms with E-state index < -0.39 is 11.5 Å². The van der Waals surface area contributed by atoms with Crippen LogP contribution in [-0.4, -0.2) is 37.3 Å². The highest BCUT2D eigenvalue weighted by Gasteiger charge is 2.22. The van der Waals surface area contributed by atoms with Crippen LogP contribution in [0.5, 0.6) is 17.5 Å². The van der Waals surface area contributed by atoms with Gasteiger partial charge < -0.3 is 14.8 Å². The SMILES string of the molecule is COc1ccc2c(Oc3ncc(NC(=O)c4c(C)n(C)n(-c5ccccc5)c4=O)cn3)ccnc2c1. The van der Waals surface area contributed by atoms with Gasteiger partial charge in [-0.15, -0.1) is 0 Å². The number of benzene rings is 2. The monoisotopic (exact) mass is 482 g/mol. The molecule has 3 aromatic heterocycles. The Morgan fingerprint density at radius 3 is 2.47 bits per heavy atom. The number of methoxy groups -OCH3 is 1. The van der Waals surface area contributed by atoms with Crippen LogP contribution >= 0.6 is 0 Å². The highest BCUT2D eigenvalue weighted by molar-refractivity contribution is 6.04. The fraction of sp³-hybridized carbons (Fsp3) is 0.115. The number of hydrogen-bond donors (Lipinski definition) is 1. The second kappa shape index (κ2) is 9.34. The first kappa shape index (κ1) is 22.8. The zero-order chi connectivity index (χ0) is 25.2. The molecule has 10 heteroatoms. The van der Waals surface area contributed by atoms with Crippen LogP contribution in [-0.2, 0) is 7.05 Å². The van der Waals surface area contributed by atoms with Gasteiger partial charge in [-0.25, -0.2) is 14.6 Å². The van der Waals surface area contributed by atoms with Gasteiger partial charge in [0, 0.05) is 24.7 Å². The van der Waals surface area contributed by atoms with Crippen LogP contribution < -0.4 is 20.3 Å². The highest BCUT2D eigenvalue weighted by Crippen LogP contribution is 2.29. The van der Waals surface area contributed by atoms with Gasteiger partial charge in [0.1, 0.15) is 17.1 Å². The Morgan fingerprint density at radius 1 is 1.00 bits per heavy atom. The standard InChI is InChI=1S/C26H22N6O4/c1-16-23(25(34)32(31(16)2)18-7-5-4-6-8-18)24(33)30-17-14-28-26(29-15-17)36-22-11-12-27-21-13-19(35-3)9-10-20(21)22/h4-15H,1-3H3,(H,30,33). The lowest BCUT2D eigenvalue weighted by Crippen LogP contribution is -2.25. The van der Waals surface area contributed by atoms with Gasteiger partial charge in [0.2, 0.25) is 0 Å². The van der Waals surface area contributed by atoms with Crippen LogP contribution in [0.4, 0.5) is 5.69 Å². The largest absolute Gasteiger partial charge is 0.497 e. The lowest BCUT2D eigenvalue weighted by Gasteiger charge is -2.09. The molecule has 3 heterocycles. The van der Waals surface area contributed by atoms with Crippen LogP contribution in [0.15, 0.2) is 78.0 Å². The molecule has 0 spiro atoms. The molecule has 5 rings (SSSR count). The summed E-state index contributed by atoms with van der Waals surface area (Å²) in [5.74, 6) is 0.669. The molecule has 0 fully saturated rings. The van der Waals surface area contributed by atoms with E-state index >= 15 is 0 Å². The smallest absolute Gasteiger partial charge is 0.322 e. The van der Waals surface area contributed by atoms with Crippen molar-refractivity contribution in [3.63, 3.8) is 0 Å². The molecule has 0 radical (unpaired) electrons. The second-order valence-electron chi connectivity index (χ2n) is 7.94. The van der Waals surface area contributed by atoms with Gasteiger partial charge in [0.25, 0.3) is 11.5 Å². The van der Waals surface area contributed by atoms with Crippen molar-refractivity contribution < 1.29 is 14.3 Å². The number of fused-ring (bicyclic) bond motifs is 1. The molecule has 0 saturated carbocycles. The number of anilines is 1. The Bertz CT molecular complexity index is 1620. The average molecular weight is 483 g/mol. The van der Waals surface area contributed by atoms with E-state index in [0.717, 1.165) is 5.39 Å². The molecule has 36 heavy (non-hydrogen) atoms. The molecule has 0 saturated heterocycles. The van der Waals surface area contributed by atoms with Crippen molar-refractivity contribution in [3.05, 3.63) is 94.8 Å². The lowest BCUT2D eigenvalue weighted by molar-refractivity contribution is 0.102. The molecule has 0 aliphatic carbocycles. The number of pyridine rings is 1. The summed E-state index contributed by atoms with van der Waals surface area (Å²) in [6, 6.07) is 16.4. The molecule has 0 aliphatic rings. The highest BCUT2D eigenvalue weighted by atomic mass is 16.5. The predicted octanol–water partition coefficient (Wildman–Crippen LogP) is 3.88. The molecular weight excluding hydrogens is 460 g/mol. The fourth-order valence-electron chi connectivity index (χ4n) is 3.87. The fourth-order valence-corrected chi connectivity index (χ4v) is 3.87. The third kappa shape index (κ3) is 4.16. The number of nitrogens with one attached hydrogen (secondary N) is 1. The number of carbonyl (C=O) groups is 1. The van der Waals surface area contributed by atoms with E-state index in [1.165, 1.54) is 17.1 Å². The summed E-state index contributed by atoms with van der Waals surface area (Å²) < 4.78 is 14.2. The topological polar surface area (TPSA) is 113 Å². The van der Waals surface area contributed by atoms with Crippen LogP contribution in [0.3, 0.4) is 0 Å². The molecule has 2 aromatic carbocycles. The number of hydrogen-bond acceptors (Lipinski definition) is 7. The first-order valence-electron chi connectivity index (χ1n) is 11.0. The van der Waals surface area contributed by atoms with Gasteiger partial charge in [-0.3, -0.25) is 19.3 Å². The third-order valence-corrected chi connectivity index (χ3v) is 5.78. The maximum atomic E-state index is 13.1. The third-order valence-electron chi connectivity index (χ3n) is 5.78. The number of aromatic nitrogens is 5. The van der Waals surface area contributed by atoms with Gasteiger partial charge in [-0.1, -0.05) is 18.2 Å². The first-order chi connectivity index (χ1) is 17.5. The van der Waals surface area contributed by atoms with E-state index in [2.05, 4.69) is 20.3 Å². The van der Waals surface area contributed by atoms with E-state index in [0.29, 0.717) is 34.1 Å². The van der Waals surface area contributed by atoms with Crippen molar-refractivity contribution in [2.24, 2.45) is 7.05 Å². The molecule has 0 aliphatic heterocycles. The molecule has 1 amide bonds. The maximum absolute atomic E-state index is 13.1. The van der Waals surface area contributed by atoms with E-state index in [9.17, 15) is 9.59 Å². The van der Waals surface area contributed by atoms with Gasteiger partial charge in [-0.05, 0) is 37.3 Å². The maximum Gasteiger partial charge on any atom is 0.322 e. The summed E-state index contributed by atoms with van der Waals surface area (Å²) in [4.78, 5) is 38.8. The minimum Gasteiger partial charge on any atom is -0.497 e. The Labute approximate surface area is 205 Å². The summed E-state index contributed by atoms with van der Waals surface area (Å²) in [5.41, 5.74) is 1.85. The van der Waals surface area contributed by atoms with Crippen molar-refractivity contribution in [1.82, 2.24) is 24.3 Å². The summed E-state index contributed by atoms with van der Waals surface area (Å²) in [6.45, 7) is 1.72. The molecule has 180 valence electrons. The van der Waals surface area contributed by atoms with Gasteiger partial charge >= 0.3 is 6.01 Å². The van der Waals surface area contributed by atoms with Crippen LogP contribution in [0, 0.1) is 6.92 Å². The summed E-state index contributed by atoms with van der Waals surface area (Å²) in [5, 5.41) is 3.47. The minimum atomic E-state index is -0.547. The average Bonchev–Trinajstić information content (AvgIpc) is 3.13. The zero-order valence-corrected chi connectivity index (χ0v) is 19.8. The van der Waals surface area contributed by atoms with Crippen molar-refractivity contribution in [2.45, 2.75) is 6.92 Å². The van der Waals surface area contributed by atoms with E-state index in [1.54, 1.807) is 56.2 Å². The molecule has 0 bridgehead atoms. The number of para-hydroxylation sites is 1. The van der Waals surface area contributed by atoms with Crippen molar-refractivity contribution in [1.29, 1.82) is 0 Å². The van der Waals surface area contributed by atoms with E-state index in [4.69, 9.17) is 9.47 Å². The van der Waals surface area contributed by atoms with Crippen molar-refractivity contribution >= 4 is 22.5 Å². The Hall–Kier alpha value is -4.99. The zero-order valence-electron chi connectivity index (χ0n) is 19.8. The van der Waals surface area contributed by atoms with Crippen molar-refractivity contribution in [2.75, 3.05) is 12.4 Å². The summed E-state index contributed by atoms with van der Waals surface area (Å²) in [6.07, 6.45) is 4.46. The lowest BCUT2D eigenvalue weighted by atomic mass is 10.2. The summed E-state index contributed by atoms with van der Waals surface area (Å²) >= 11 is 0. The molecule has 0 unspecified atom stereocenters. The van der Waals surface area contributed by atoms with Crippen LogP contribution in [0.25, 0.3) is 16.6 Å². The van der Waals surface area contributed by atoms with Gasteiger partial charge in [-0.2, -0.15) is 0 Å². The van der Waals surface area contributed by atoms with Crippen LogP contribution in [0.2, 0.25) is 0 Å². The number of amides is 1. The van der Waals surface area contributed by atoms with Gasteiger partial charge in [0.05, 0.1) is 42.1 Å². The Balaban J connectivity index is 1.36. The number of carbonyl (C=O) groups excluding carboxylic acids is 1. The molecule has 5 aromatic rings. The number of nitrogens with zero attached hydrogens (tertiary/aromatic N) is 5. The minimum absolute atomic E-state index is 0.0420. The van der Waals surface area contributed by atoms with Crippen molar-refractivity contribution in [3.8, 4) is 23.2 Å². The second-order valence-corrected chi connectivity index (χ2v) is 7.94.